The molecule has 160 valence electrons. The highest BCUT2D eigenvalue weighted by Gasteiger charge is 2.17. The number of phenolic OH excluding ortho intramolecular Hbond substituents is 1. The largest absolute Gasteiger partial charge is 0.508 e. The van der Waals surface area contributed by atoms with Gasteiger partial charge in [-0.3, -0.25) is 9.36 Å². The lowest BCUT2D eigenvalue weighted by atomic mass is 10.1. The quantitative estimate of drug-likeness (QED) is 0.254. The number of aryl methyl sites for hydroxylation is 1. The normalized spacial score (nSPS) is 11.0. The van der Waals surface area contributed by atoms with Crippen LogP contribution in [0.25, 0.3) is 17.1 Å². The van der Waals surface area contributed by atoms with Crippen LogP contribution in [0.1, 0.15) is 11.1 Å². The van der Waals surface area contributed by atoms with E-state index in [0.29, 0.717) is 11.0 Å². The molecule has 3 aromatic carbocycles. The van der Waals surface area contributed by atoms with Crippen molar-refractivity contribution in [3.63, 3.8) is 0 Å². The van der Waals surface area contributed by atoms with Crippen molar-refractivity contribution in [2.24, 2.45) is 5.10 Å². The van der Waals surface area contributed by atoms with Gasteiger partial charge in [-0.05, 0) is 48.9 Å². The van der Waals surface area contributed by atoms with Crippen molar-refractivity contribution in [1.82, 2.24) is 20.2 Å². The van der Waals surface area contributed by atoms with Crippen LogP contribution in [0.3, 0.4) is 0 Å². The van der Waals surface area contributed by atoms with Gasteiger partial charge in [0.05, 0.1) is 12.0 Å². The molecule has 1 amide bonds. The van der Waals surface area contributed by atoms with Crippen LogP contribution in [0.15, 0.2) is 89.1 Å². The summed E-state index contributed by atoms with van der Waals surface area (Å²) in [6.45, 7) is 2.04. The van der Waals surface area contributed by atoms with Crippen molar-refractivity contribution in [3.05, 3.63) is 90.0 Å². The number of aromatic nitrogens is 3. The predicted octanol–water partition coefficient (Wildman–Crippen LogP) is 4.19. The van der Waals surface area contributed by atoms with E-state index < -0.39 is 0 Å². The molecule has 0 spiro atoms. The highest BCUT2D eigenvalue weighted by Crippen LogP contribution is 2.28. The summed E-state index contributed by atoms with van der Waals surface area (Å²) in [6.07, 6.45) is 1.52. The summed E-state index contributed by atoms with van der Waals surface area (Å²) in [6, 6.07) is 24.4. The molecule has 7 nitrogen and oxygen atoms in total. The Labute approximate surface area is 189 Å². The molecule has 4 aromatic rings. The Bertz CT molecular complexity index is 1220. The molecule has 1 aromatic heterocycles. The Kier molecular flexibility index (Phi) is 6.62. The zero-order valence-corrected chi connectivity index (χ0v) is 18.2. The number of aromatic hydroxyl groups is 1. The zero-order valence-electron chi connectivity index (χ0n) is 17.3. The lowest BCUT2D eigenvalue weighted by Crippen LogP contribution is -2.20. The fourth-order valence-corrected chi connectivity index (χ4v) is 3.71. The van der Waals surface area contributed by atoms with Gasteiger partial charge in [-0.25, -0.2) is 5.43 Å². The maximum atomic E-state index is 12.3. The fourth-order valence-electron chi connectivity index (χ4n) is 2.96. The smallest absolute Gasteiger partial charge is 0.250 e. The van der Waals surface area contributed by atoms with Crippen LogP contribution in [-0.4, -0.2) is 37.7 Å². The number of hydrogen-bond acceptors (Lipinski definition) is 6. The van der Waals surface area contributed by atoms with Gasteiger partial charge in [0.15, 0.2) is 11.0 Å². The molecule has 0 bridgehead atoms. The molecular weight excluding hydrogens is 422 g/mol. The van der Waals surface area contributed by atoms with E-state index in [4.69, 9.17) is 0 Å². The average Bonchev–Trinajstić information content (AvgIpc) is 3.24. The van der Waals surface area contributed by atoms with E-state index in [9.17, 15) is 9.90 Å². The Balaban J connectivity index is 1.49. The summed E-state index contributed by atoms with van der Waals surface area (Å²) < 4.78 is 1.95. The number of thioether (sulfide) groups is 1. The number of phenols is 1. The van der Waals surface area contributed by atoms with Crippen molar-refractivity contribution in [2.45, 2.75) is 12.1 Å². The maximum absolute atomic E-state index is 12.3. The van der Waals surface area contributed by atoms with Crippen molar-refractivity contribution >= 4 is 23.9 Å². The Morgan fingerprint density at radius 1 is 1.03 bits per heavy atom. The number of rotatable bonds is 7. The lowest BCUT2D eigenvalue weighted by Gasteiger charge is -2.10. The molecule has 32 heavy (non-hydrogen) atoms. The van der Waals surface area contributed by atoms with Gasteiger partial charge in [-0.15, -0.1) is 10.2 Å². The van der Waals surface area contributed by atoms with E-state index >= 15 is 0 Å². The maximum Gasteiger partial charge on any atom is 0.250 e. The summed E-state index contributed by atoms with van der Waals surface area (Å²) in [5.41, 5.74) is 6.31. The highest BCUT2D eigenvalue weighted by atomic mass is 32.2. The second-order valence-electron chi connectivity index (χ2n) is 7.02. The minimum Gasteiger partial charge on any atom is -0.508 e. The number of hydrazone groups is 1. The van der Waals surface area contributed by atoms with Crippen molar-refractivity contribution < 1.29 is 9.90 Å². The first kappa shape index (κ1) is 21.3. The first-order chi connectivity index (χ1) is 15.6. The van der Waals surface area contributed by atoms with Crippen molar-refractivity contribution in [3.8, 4) is 22.8 Å². The van der Waals surface area contributed by atoms with Gasteiger partial charge in [0.25, 0.3) is 5.91 Å². The van der Waals surface area contributed by atoms with Gasteiger partial charge < -0.3 is 5.11 Å². The Morgan fingerprint density at radius 3 is 2.47 bits per heavy atom. The monoisotopic (exact) mass is 443 g/mol. The van der Waals surface area contributed by atoms with E-state index in [-0.39, 0.29) is 17.4 Å². The number of para-hydroxylation sites is 1. The van der Waals surface area contributed by atoms with Gasteiger partial charge in [0.2, 0.25) is 0 Å². The Hall–Kier alpha value is -3.91. The first-order valence-corrected chi connectivity index (χ1v) is 10.9. The van der Waals surface area contributed by atoms with Gasteiger partial charge >= 0.3 is 0 Å². The molecule has 4 rings (SSSR count). The molecule has 0 aliphatic carbocycles. The van der Waals surface area contributed by atoms with Crippen molar-refractivity contribution in [1.29, 1.82) is 0 Å². The van der Waals surface area contributed by atoms with Crippen LogP contribution in [0, 0.1) is 6.92 Å². The molecule has 1 heterocycles. The molecule has 0 saturated heterocycles. The second-order valence-corrected chi connectivity index (χ2v) is 7.96. The number of hydrogen-bond donors (Lipinski definition) is 2. The number of nitrogens with zero attached hydrogens (tertiary/aromatic N) is 4. The van der Waals surface area contributed by atoms with Crippen LogP contribution in [-0.2, 0) is 4.79 Å². The molecule has 0 atom stereocenters. The fraction of sp³-hybridized carbons (Fsp3) is 0.0833. The third-order valence-electron chi connectivity index (χ3n) is 4.59. The summed E-state index contributed by atoms with van der Waals surface area (Å²) >= 11 is 1.29. The summed E-state index contributed by atoms with van der Waals surface area (Å²) in [5, 5.41) is 22.6. The summed E-state index contributed by atoms with van der Waals surface area (Å²) in [4.78, 5) is 12.3. The number of benzene rings is 3. The number of amides is 1. The van der Waals surface area contributed by atoms with Crippen LogP contribution in [0.4, 0.5) is 0 Å². The lowest BCUT2D eigenvalue weighted by molar-refractivity contribution is -0.118. The number of nitrogens with one attached hydrogen (secondary N) is 1. The molecule has 0 radical (unpaired) electrons. The van der Waals surface area contributed by atoms with E-state index in [2.05, 4.69) is 20.7 Å². The minimum absolute atomic E-state index is 0.131. The molecule has 8 heteroatoms. The number of carbonyl (C=O) groups excluding carboxylic acids is 1. The number of carbonyl (C=O) groups is 1. The molecule has 0 saturated carbocycles. The molecule has 0 aliphatic rings. The van der Waals surface area contributed by atoms with Gasteiger partial charge in [0, 0.05) is 11.3 Å². The summed E-state index contributed by atoms with van der Waals surface area (Å²) in [7, 11) is 0. The van der Waals surface area contributed by atoms with Crippen LogP contribution < -0.4 is 5.43 Å². The van der Waals surface area contributed by atoms with E-state index in [1.165, 1.54) is 23.5 Å². The topological polar surface area (TPSA) is 92.4 Å². The average molecular weight is 444 g/mol. The van der Waals surface area contributed by atoms with E-state index in [0.717, 1.165) is 16.8 Å². The SMILES string of the molecule is Cc1ccc(-c2nnc(SCC(=O)N/N=C/c3ccc(O)cc3)n2-c2ccccc2)cc1. The third kappa shape index (κ3) is 5.22. The van der Waals surface area contributed by atoms with Crippen molar-refractivity contribution in [2.75, 3.05) is 5.75 Å². The molecule has 0 fully saturated rings. The first-order valence-electron chi connectivity index (χ1n) is 9.92. The molecular formula is C24H21N5O2S. The van der Waals surface area contributed by atoms with E-state index in [1.54, 1.807) is 24.3 Å². The standard InChI is InChI=1S/C24H21N5O2S/c1-17-7-11-19(12-8-17)23-27-28-24(29(23)20-5-3-2-4-6-20)32-16-22(31)26-25-15-18-9-13-21(30)14-10-18/h2-15,30H,16H2,1H3,(H,26,31)/b25-15+. The van der Waals surface area contributed by atoms with Crippen LogP contribution in [0.5, 0.6) is 5.75 Å². The van der Waals surface area contributed by atoms with Gasteiger partial charge in [-0.2, -0.15) is 5.10 Å². The van der Waals surface area contributed by atoms with Crippen LogP contribution >= 0.6 is 11.8 Å². The summed E-state index contributed by atoms with van der Waals surface area (Å²) in [5.74, 6) is 0.760. The third-order valence-corrected chi connectivity index (χ3v) is 5.51. The molecule has 2 N–H and O–H groups in total. The molecule has 0 aliphatic heterocycles. The van der Waals surface area contributed by atoms with Gasteiger partial charge in [0.1, 0.15) is 5.75 Å². The van der Waals surface area contributed by atoms with Crippen LogP contribution in [0.2, 0.25) is 0 Å². The minimum atomic E-state index is -0.260. The predicted molar refractivity (Wildman–Crippen MR) is 126 cm³/mol. The highest BCUT2D eigenvalue weighted by molar-refractivity contribution is 7.99. The Morgan fingerprint density at radius 2 is 1.75 bits per heavy atom. The van der Waals surface area contributed by atoms with Gasteiger partial charge in [-0.1, -0.05) is 59.8 Å². The molecule has 0 unspecified atom stereocenters. The van der Waals surface area contributed by atoms with E-state index in [1.807, 2.05) is 66.1 Å². The zero-order chi connectivity index (χ0) is 22.3. The second kappa shape index (κ2) is 9.93.